The Kier molecular flexibility index (Phi) is 6.34. The number of ether oxygens (including phenoxy) is 2. The fraction of sp³-hybridized carbons (Fsp3) is 0.429. The molecule has 92 valence electrons. The number of nitrogens with two attached hydrogens (primary N) is 1. The second-order valence-electron chi connectivity index (χ2n) is 3.78. The first kappa shape index (κ1) is 13.7. The highest BCUT2D eigenvalue weighted by atomic mass is 16.5. The van der Waals surface area contributed by atoms with E-state index in [0.29, 0.717) is 19.8 Å². The number of methoxy groups -OCH3 is 1. The van der Waals surface area contributed by atoms with Crippen molar-refractivity contribution in [3.05, 3.63) is 35.4 Å². The minimum atomic E-state index is 0.108. The maximum absolute atomic E-state index is 5.61. The van der Waals surface area contributed by atoms with Crippen LogP contribution < -0.4 is 5.73 Å². The first-order chi connectivity index (χ1) is 8.26. The van der Waals surface area contributed by atoms with Crippen molar-refractivity contribution in [2.75, 3.05) is 20.3 Å². The van der Waals surface area contributed by atoms with Gasteiger partial charge in [0.1, 0.15) is 0 Å². The van der Waals surface area contributed by atoms with Gasteiger partial charge in [-0.2, -0.15) is 0 Å². The largest absolute Gasteiger partial charge is 0.382 e. The van der Waals surface area contributed by atoms with Crippen LogP contribution in [0.2, 0.25) is 0 Å². The molecule has 0 fully saturated rings. The van der Waals surface area contributed by atoms with Crippen molar-refractivity contribution < 1.29 is 9.47 Å². The van der Waals surface area contributed by atoms with Crippen molar-refractivity contribution in [2.45, 2.75) is 19.6 Å². The van der Waals surface area contributed by atoms with E-state index < -0.39 is 0 Å². The molecule has 0 aliphatic carbocycles. The van der Waals surface area contributed by atoms with Gasteiger partial charge in [-0.25, -0.2) is 0 Å². The minimum absolute atomic E-state index is 0.108. The Hall–Kier alpha value is -1.34. The molecule has 0 saturated carbocycles. The van der Waals surface area contributed by atoms with Crippen LogP contribution >= 0.6 is 0 Å². The molecule has 1 unspecified atom stereocenters. The standard InChI is InChI=1S/C14H19NO2/c1-12(10-16-2)17-11-14-7-5-13(6-8-14)4-3-9-15/h5-8,12H,9-11,15H2,1-2H3. The molecule has 0 radical (unpaired) electrons. The molecule has 0 heterocycles. The molecule has 1 aromatic carbocycles. The average Bonchev–Trinajstić information content (AvgIpc) is 2.35. The molecule has 1 atom stereocenters. The van der Waals surface area contributed by atoms with Crippen LogP contribution in [0.15, 0.2) is 24.3 Å². The predicted octanol–water partition coefficient (Wildman–Crippen LogP) is 1.55. The van der Waals surface area contributed by atoms with E-state index in [4.69, 9.17) is 15.2 Å². The normalized spacial score (nSPS) is 11.7. The maximum atomic E-state index is 5.61. The van der Waals surface area contributed by atoms with E-state index in [-0.39, 0.29) is 6.10 Å². The number of hydrogen-bond donors (Lipinski definition) is 1. The highest BCUT2D eigenvalue weighted by molar-refractivity contribution is 5.36. The lowest BCUT2D eigenvalue weighted by atomic mass is 10.1. The third kappa shape index (κ3) is 5.50. The van der Waals surface area contributed by atoms with Gasteiger partial charge in [0.25, 0.3) is 0 Å². The Labute approximate surface area is 103 Å². The molecule has 0 saturated heterocycles. The van der Waals surface area contributed by atoms with E-state index in [1.807, 2.05) is 31.2 Å². The summed E-state index contributed by atoms with van der Waals surface area (Å²) in [5, 5.41) is 0. The van der Waals surface area contributed by atoms with Crippen LogP contribution in [-0.2, 0) is 16.1 Å². The molecular formula is C14H19NO2. The summed E-state index contributed by atoms with van der Waals surface area (Å²) in [6.45, 7) is 3.58. The van der Waals surface area contributed by atoms with Crippen molar-refractivity contribution in [1.82, 2.24) is 0 Å². The summed E-state index contributed by atoms with van der Waals surface area (Å²) in [6.07, 6.45) is 0.108. The topological polar surface area (TPSA) is 44.5 Å². The third-order valence-electron chi connectivity index (χ3n) is 2.22. The Bertz CT molecular complexity index is 375. The molecule has 0 aliphatic heterocycles. The second-order valence-corrected chi connectivity index (χ2v) is 3.78. The van der Waals surface area contributed by atoms with Crippen LogP contribution in [0.4, 0.5) is 0 Å². The van der Waals surface area contributed by atoms with Gasteiger partial charge in [0, 0.05) is 12.7 Å². The molecule has 2 N–H and O–H groups in total. The van der Waals surface area contributed by atoms with Crippen molar-refractivity contribution >= 4 is 0 Å². The van der Waals surface area contributed by atoms with E-state index >= 15 is 0 Å². The van der Waals surface area contributed by atoms with Gasteiger partial charge in [-0.15, -0.1) is 0 Å². The summed E-state index contributed by atoms with van der Waals surface area (Å²) in [4.78, 5) is 0. The zero-order valence-corrected chi connectivity index (χ0v) is 10.4. The summed E-state index contributed by atoms with van der Waals surface area (Å²) in [6, 6.07) is 7.98. The summed E-state index contributed by atoms with van der Waals surface area (Å²) in [7, 11) is 1.67. The highest BCUT2D eigenvalue weighted by Gasteiger charge is 2.01. The van der Waals surface area contributed by atoms with Gasteiger partial charge >= 0.3 is 0 Å². The molecule has 0 aromatic heterocycles. The minimum Gasteiger partial charge on any atom is -0.382 e. The Balaban J connectivity index is 2.45. The zero-order chi connectivity index (χ0) is 12.5. The molecule has 0 amide bonds. The van der Waals surface area contributed by atoms with Gasteiger partial charge in [0.15, 0.2) is 0 Å². The fourth-order valence-electron chi connectivity index (χ4n) is 1.36. The van der Waals surface area contributed by atoms with E-state index in [0.717, 1.165) is 11.1 Å². The second kappa shape index (κ2) is 7.86. The van der Waals surface area contributed by atoms with Gasteiger partial charge in [0.2, 0.25) is 0 Å². The van der Waals surface area contributed by atoms with Gasteiger partial charge in [-0.3, -0.25) is 0 Å². The van der Waals surface area contributed by atoms with Gasteiger partial charge in [-0.05, 0) is 24.6 Å². The van der Waals surface area contributed by atoms with E-state index in [2.05, 4.69) is 11.8 Å². The SMILES string of the molecule is COCC(C)OCc1ccc(C#CCN)cc1. The summed E-state index contributed by atoms with van der Waals surface area (Å²) < 4.78 is 10.6. The zero-order valence-electron chi connectivity index (χ0n) is 10.4. The van der Waals surface area contributed by atoms with E-state index in [1.165, 1.54) is 0 Å². The molecular weight excluding hydrogens is 214 g/mol. The third-order valence-corrected chi connectivity index (χ3v) is 2.22. The van der Waals surface area contributed by atoms with Crippen molar-refractivity contribution in [3.8, 4) is 11.8 Å². The van der Waals surface area contributed by atoms with E-state index in [1.54, 1.807) is 7.11 Å². The molecule has 1 aromatic rings. The van der Waals surface area contributed by atoms with E-state index in [9.17, 15) is 0 Å². The number of hydrogen-bond acceptors (Lipinski definition) is 3. The van der Waals surface area contributed by atoms with Crippen molar-refractivity contribution in [3.63, 3.8) is 0 Å². The summed E-state index contributed by atoms with van der Waals surface area (Å²) in [5.41, 5.74) is 7.42. The van der Waals surface area contributed by atoms with Crippen LogP contribution in [0.5, 0.6) is 0 Å². The smallest absolute Gasteiger partial charge is 0.0784 e. The number of benzene rings is 1. The molecule has 3 nitrogen and oxygen atoms in total. The Morgan fingerprint density at radius 3 is 2.59 bits per heavy atom. The lowest BCUT2D eigenvalue weighted by Crippen LogP contribution is -2.14. The monoisotopic (exact) mass is 233 g/mol. The Morgan fingerprint density at radius 2 is 2.00 bits per heavy atom. The quantitative estimate of drug-likeness (QED) is 0.785. The van der Waals surface area contributed by atoms with Crippen LogP contribution in [0, 0.1) is 11.8 Å². The van der Waals surface area contributed by atoms with Crippen LogP contribution in [0.3, 0.4) is 0 Å². The molecule has 17 heavy (non-hydrogen) atoms. The van der Waals surface area contributed by atoms with Crippen LogP contribution in [0.25, 0.3) is 0 Å². The number of rotatable bonds is 5. The van der Waals surface area contributed by atoms with Crippen molar-refractivity contribution in [2.24, 2.45) is 5.73 Å². The molecule has 0 bridgehead atoms. The fourth-order valence-corrected chi connectivity index (χ4v) is 1.36. The van der Waals surface area contributed by atoms with Gasteiger partial charge in [-0.1, -0.05) is 24.0 Å². The summed E-state index contributed by atoms with van der Waals surface area (Å²) in [5.74, 6) is 5.80. The molecule has 0 spiro atoms. The maximum Gasteiger partial charge on any atom is 0.0784 e. The lowest BCUT2D eigenvalue weighted by Gasteiger charge is -2.11. The highest BCUT2D eigenvalue weighted by Crippen LogP contribution is 2.06. The first-order valence-corrected chi connectivity index (χ1v) is 5.64. The van der Waals surface area contributed by atoms with Crippen LogP contribution in [0.1, 0.15) is 18.1 Å². The summed E-state index contributed by atoms with van der Waals surface area (Å²) >= 11 is 0. The molecule has 0 aliphatic rings. The van der Waals surface area contributed by atoms with Gasteiger partial charge < -0.3 is 15.2 Å². The lowest BCUT2D eigenvalue weighted by molar-refractivity contribution is -0.000125. The van der Waals surface area contributed by atoms with Crippen LogP contribution in [-0.4, -0.2) is 26.4 Å². The van der Waals surface area contributed by atoms with Gasteiger partial charge in [0.05, 0.1) is 25.9 Å². The predicted molar refractivity (Wildman–Crippen MR) is 68.5 cm³/mol. The molecule has 1 rings (SSSR count). The first-order valence-electron chi connectivity index (χ1n) is 5.64. The molecule has 3 heteroatoms. The Morgan fingerprint density at radius 1 is 1.29 bits per heavy atom. The average molecular weight is 233 g/mol. The van der Waals surface area contributed by atoms with Crippen molar-refractivity contribution in [1.29, 1.82) is 0 Å².